The Kier molecular flexibility index (Phi) is 5.85. The third-order valence-corrected chi connectivity index (χ3v) is 4.70. The Balaban J connectivity index is 1.59. The first-order chi connectivity index (χ1) is 15.5. The SMILES string of the molecule is NC(=O)c1nc(-c2ccccc2O)[nH]c1NC(=O)c1ccccc1OCc1ccccc1. The van der Waals surface area contributed by atoms with Crippen LogP contribution in [0.3, 0.4) is 0 Å². The molecule has 2 amide bonds. The van der Waals surface area contributed by atoms with Crippen molar-refractivity contribution in [1.82, 2.24) is 9.97 Å². The van der Waals surface area contributed by atoms with Crippen molar-refractivity contribution in [1.29, 1.82) is 0 Å². The van der Waals surface area contributed by atoms with Crippen LogP contribution in [0.5, 0.6) is 11.5 Å². The number of phenols is 1. The molecule has 5 N–H and O–H groups in total. The number of aromatic hydroxyl groups is 1. The molecule has 160 valence electrons. The summed E-state index contributed by atoms with van der Waals surface area (Å²) in [5, 5.41) is 12.7. The van der Waals surface area contributed by atoms with Gasteiger partial charge in [-0.3, -0.25) is 9.59 Å². The van der Waals surface area contributed by atoms with Crippen LogP contribution in [-0.2, 0) is 6.61 Å². The number of hydrogen-bond donors (Lipinski definition) is 4. The maximum absolute atomic E-state index is 13.0. The van der Waals surface area contributed by atoms with E-state index in [1.807, 2.05) is 30.3 Å². The molecule has 0 spiro atoms. The van der Waals surface area contributed by atoms with Crippen molar-refractivity contribution in [2.24, 2.45) is 5.73 Å². The molecular formula is C24H20N4O4. The molecule has 0 fully saturated rings. The fourth-order valence-corrected chi connectivity index (χ4v) is 3.14. The Bertz CT molecular complexity index is 1270. The van der Waals surface area contributed by atoms with Crippen LogP contribution >= 0.6 is 0 Å². The van der Waals surface area contributed by atoms with E-state index >= 15 is 0 Å². The number of nitrogens with two attached hydrogens (primary N) is 1. The maximum atomic E-state index is 13.0. The minimum atomic E-state index is -0.827. The predicted molar refractivity (Wildman–Crippen MR) is 119 cm³/mol. The fraction of sp³-hybridized carbons (Fsp3) is 0.0417. The average Bonchev–Trinajstić information content (AvgIpc) is 3.22. The summed E-state index contributed by atoms with van der Waals surface area (Å²) < 4.78 is 5.84. The average molecular weight is 428 g/mol. The highest BCUT2D eigenvalue weighted by Crippen LogP contribution is 2.29. The number of rotatable bonds is 7. The molecule has 1 aromatic heterocycles. The Labute approximate surface area is 183 Å². The number of phenolic OH excluding ortho intramolecular Hbond substituents is 1. The molecule has 4 rings (SSSR count). The zero-order chi connectivity index (χ0) is 22.5. The highest BCUT2D eigenvalue weighted by molar-refractivity contribution is 6.09. The van der Waals surface area contributed by atoms with Crippen molar-refractivity contribution in [2.75, 3.05) is 5.32 Å². The standard InChI is InChI=1S/C24H20N4O4/c25-21(30)20-23(27-22(26-20)16-10-4-6-12-18(16)29)28-24(31)17-11-5-7-13-19(17)32-14-15-8-2-1-3-9-15/h1-13,29H,14H2,(H2,25,30)(H,26,27)(H,28,31). The summed E-state index contributed by atoms with van der Waals surface area (Å²) in [6, 6.07) is 22.8. The summed E-state index contributed by atoms with van der Waals surface area (Å²) in [7, 11) is 0. The lowest BCUT2D eigenvalue weighted by Gasteiger charge is -2.11. The molecule has 0 aliphatic rings. The van der Waals surface area contributed by atoms with Crippen LogP contribution in [-0.4, -0.2) is 26.9 Å². The van der Waals surface area contributed by atoms with Gasteiger partial charge >= 0.3 is 0 Å². The molecule has 8 heteroatoms. The van der Waals surface area contributed by atoms with Gasteiger partial charge in [-0.25, -0.2) is 4.98 Å². The molecule has 32 heavy (non-hydrogen) atoms. The van der Waals surface area contributed by atoms with Gasteiger partial charge in [-0.2, -0.15) is 0 Å². The van der Waals surface area contributed by atoms with Crippen molar-refractivity contribution in [3.63, 3.8) is 0 Å². The van der Waals surface area contributed by atoms with Crippen LogP contribution in [0.25, 0.3) is 11.4 Å². The van der Waals surface area contributed by atoms with E-state index in [1.54, 1.807) is 42.5 Å². The number of ether oxygens (including phenoxy) is 1. The number of imidazole rings is 1. The zero-order valence-electron chi connectivity index (χ0n) is 16.9. The van der Waals surface area contributed by atoms with Crippen molar-refractivity contribution >= 4 is 17.6 Å². The molecule has 8 nitrogen and oxygen atoms in total. The van der Waals surface area contributed by atoms with Gasteiger partial charge in [0.1, 0.15) is 29.7 Å². The molecule has 0 saturated carbocycles. The number of nitrogens with one attached hydrogen (secondary N) is 2. The van der Waals surface area contributed by atoms with Crippen LogP contribution in [0, 0.1) is 0 Å². The molecule has 0 saturated heterocycles. The van der Waals surface area contributed by atoms with Crippen LogP contribution in [0.4, 0.5) is 5.82 Å². The molecule has 1 heterocycles. The number of aromatic amines is 1. The fourth-order valence-electron chi connectivity index (χ4n) is 3.14. The van der Waals surface area contributed by atoms with Gasteiger partial charge in [0.25, 0.3) is 11.8 Å². The highest BCUT2D eigenvalue weighted by Gasteiger charge is 2.21. The summed E-state index contributed by atoms with van der Waals surface area (Å²) in [6.45, 7) is 0.291. The largest absolute Gasteiger partial charge is 0.507 e. The Morgan fingerprint density at radius 2 is 1.66 bits per heavy atom. The summed E-state index contributed by atoms with van der Waals surface area (Å²) in [5.74, 6) is -0.764. The third-order valence-electron chi connectivity index (χ3n) is 4.70. The van der Waals surface area contributed by atoms with Gasteiger partial charge in [0, 0.05) is 0 Å². The van der Waals surface area contributed by atoms with E-state index in [0.717, 1.165) is 5.56 Å². The summed E-state index contributed by atoms with van der Waals surface area (Å²) in [6.07, 6.45) is 0. The lowest BCUT2D eigenvalue weighted by Crippen LogP contribution is -2.19. The van der Waals surface area contributed by atoms with Crippen molar-refractivity contribution in [2.45, 2.75) is 6.61 Å². The Morgan fingerprint density at radius 1 is 0.969 bits per heavy atom. The van der Waals surface area contributed by atoms with E-state index in [2.05, 4.69) is 15.3 Å². The number of hydrogen-bond acceptors (Lipinski definition) is 5. The first-order valence-corrected chi connectivity index (χ1v) is 9.78. The number of amides is 2. The number of primary amides is 1. The molecule has 4 aromatic rings. The molecule has 3 aromatic carbocycles. The molecule has 0 bridgehead atoms. The summed E-state index contributed by atoms with van der Waals surface area (Å²) in [5.41, 5.74) is 6.88. The molecule has 0 radical (unpaired) electrons. The van der Waals surface area contributed by atoms with Gasteiger partial charge in [0.2, 0.25) is 0 Å². The number of carbonyl (C=O) groups is 2. The van der Waals surface area contributed by atoms with Gasteiger partial charge in [-0.05, 0) is 29.8 Å². The van der Waals surface area contributed by atoms with Crippen LogP contribution in [0.1, 0.15) is 26.4 Å². The van der Waals surface area contributed by atoms with E-state index in [9.17, 15) is 14.7 Å². The second kappa shape index (κ2) is 9.05. The molecule has 0 atom stereocenters. The molecule has 0 aliphatic heterocycles. The Morgan fingerprint density at radius 3 is 2.41 bits per heavy atom. The Hall–Kier alpha value is -4.59. The smallest absolute Gasteiger partial charge is 0.271 e. The molecule has 0 aliphatic carbocycles. The number of anilines is 1. The van der Waals surface area contributed by atoms with Gasteiger partial charge in [0.05, 0.1) is 11.1 Å². The minimum Gasteiger partial charge on any atom is -0.507 e. The quantitative estimate of drug-likeness (QED) is 0.356. The lowest BCUT2D eigenvalue weighted by molar-refractivity contribution is 0.0997. The first-order valence-electron chi connectivity index (χ1n) is 9.78. The van der Waals surface area contributed by atoms with E-state index < -0.39 is 11.8 Å². The van der Waals surface area contributed by atoms with Crippen molar-refractivity contribution in [3.05, 3.63) is 95.7 Å². The highest BCUT2D eigenvalue weighted by atomic mass is 16.5. The third kappa shape index (κ3) is 4.44. The van der Waals surface area contributed by atoms with Crippen molar-refractivity contribution in [3.8, 4) is 22.9 Å². The number of benzene rings is 3. The van der Waals surface area contributed by atoms with Gasteiger partial charge in [-0.15, -0.1) is 0 Å². The predicted octanol–water partition coefficient (Wildman–Crippen LogP) is 3.71. The van der Waals surface area contributed by atoms with Gasteiger partial charge < -0.3 is 25.9 Å². The minimum absolute atomic E-state index is 0.0265. The maximum Gasteiger partial charge on any atom is 0.271 e. The number of aromatic nitrogens is 2. The van der Waals surface area contributed by atoms with Crippen LogP contribution < -0.4 is 15.8 Å². The number of H-pyrrole nitrogens is 1. The van der Waals surface area contributed by atoms with Gasteiger partial charge in [-0.1, -0.05) is 54.6 Å². The van der Waals surface area contributed by atoms with Gasteiger partial charge in [0.15, 0.2) is 5.69 Å². The topological polar surface area (TPSA) is 130 Å². The van der Waals surface area contributed by atoms with E-state index in [4.69, 9.17) is 10.5 Å². The van der Waals surface area contributed by atoms with Crippen molar-refractivity contribution < 1.29 is 19.4 Å². The van der Waals surface area contributed by atoms with E-state index in [-0.39, 0.29) is 28.6 Å². The molecular weight excluding hydrogens is 408 g/mol. The summed E-state index contributed by atoms with van der Waals surface area (Å²) in [4.78, 5) is 31.9. The monoisotopic (exact) mass is 428 g/mol. The second-order valence-corrected chi connectivity index (χ2v) is 6.91. The van der Waals surface area contributed by atoms with E-state index in [1.165, 1.54) is 6.07 Å². The number of para-hydroxylation sites is 2. The van der Waals surface area contributed by atoms with E-state index in [0.29, 0.717) is 17.9 Å². The molecule has 0 unspecified atom stereocenters. The number of nitrogens with zero attached hydrogens (tertiary/aromatic N) is 1. The summed E-state index contributed by atoms with van der Waals surface area (Å²) >= 11 is 0. The van der Waals surface area contributed by atoms with Crippen LogP contribution in [0.2, 0.25) is 0 Å². The van der Waals surface area contributed by atoms with Crippen LogP contribution in [0.15, 0.2) is 78.9 Å². The second-order valence-electron chi connectivity index (χ2n) is 6.91. The normalized spacial score (nSPS) is 10.5. The lowest BCUT2D eigenvalue weighted by atomic mass is 10.2. The zero-order valence-corrected chi connectivity index (χ0v) is 16.9. The first kappa shape index (κ1) is 20.7. The number of carbonyl (C=O) groups excluding carboxylic acids is 2.